The van der Waals surface area contributed by atoms with E-state index in [2.05, 4.69) is 10.6 Å². The number of allylic oxidation sites excluding steroid dienone is 2. The zero-order valence-electron chi connectivity index (χ0n) is 32.6. The molecule has 2 unspecified atom stereocenters. The van der Waals surface area contributed by atoms with Crippen molar-refractivity contribution in [3.05, 3.63) is 104 Å². The number of aryl methyl sites for hydroxylation is 1. The Kier molecular flexibility index (Phi) is 10.8. The number of halogens is 1. The molecule has 0 spiro atoms. The average molecular weight is 819 g/mol. The van der Waals surface area contributed by atoms with E-state index in [0.717, 1.165) is 19.3 Å². The highest BCUT2D eigenvalue weighted by molar-refractivity contribution is 6.28. The number of carbonyl (C=O) groups excluding carboxylic acids is 5. The molecule has 1 heterocycles. The summed E-state index contributed by atoms with van der Waals surface area (Å²) in [5.41, 5.74) is -7.81. The summed E-state index contributed by atoms with van der Waals surface area (Å²) in [6.45, 7) is 1.77. The van der Waals surface area contributed by atoms with Crippen molar-refractivity contribution in [2.75, 3.05) is 27.9 Å². The molecule has 3 aromatic carbocycles. The number of fused-ring (bicyclic) bond motifs is 5. The molecule has 17 heteroatoms. The number of carbonyl (C=O) groups is 5. The second-order valence-corrected chi connectivity index (χ2v) is 15.1. The summed E-state index contributed by atoms with van der Waals surface area (Å²) >= 11 is 0. The number of phenolic OH excluding ortho intramolecular Hbond substituents is 2. The molecule has 4 aliphatic rings. The minimum absolute atomic E-state index is 0.0164. The van der Waals surface area contributed by atoms with Crippen molar-refractivity contribution in [3.63, 3.8) is 0 Å². The molecule has 8 atom stereocenters. The van der Waals surface area contributed by atoms with Crippen LogP contribution in [0.4, 0.5) is 4.39 Å². The summed E-state index contributed by atoms with van der Waals surface area (Å²) < 4.78 is 36.0. The van der Waals surface area contributed by atoms with Gasteiger partial charge in [-0.1, -0.05) is 18.2 Å². The predicted molar refractivity (Wildman–Crippen MR) is 202 cm³/mol. The summed E-state index contributed by atoms with van der Waals surface area (Å²) in [5, 5.41) is 63.4. The molecule has 0 radical (unpaired) electrons. The fourth-order valence-corrected chi connectivity index (χ4v) is 9.31. The Hall–Kier alpha value is -5.40. The lowest BCUT2D eigenvalue weighted by Crippen LogP contribution is -2.74. The van der Waals surface area contributed by atoms with Gasteiger partial charge in [-0.15, -0.1) is 0 Å². The highest BCUT2D eigenvalue weighted by Crippen LogP contribution is 2.57. The Morgan fingerprint density at radius 2 is 1.63 bits per heavy atom. The number of phenols is 2. The first kappa shape index (κ1) is 41.7. The van der Waals surface area contributed by atoms with Crippen LogP contribution in [0.25, 0.3) is 0 Å². The molecule has 1 amide bonds. The van der Waals surface area contributed by atoms with E-state index in [1.54, 1.807) is 6.92 Å². The van der Waals surface area contributed by atoms with Gasteiger partial charge in [-0.25, -0.2) is 4.39 Å². The SMILES string of the molecule is CO[C@@H]1[C@@H](O)[C@@H](OC)[C@@H](NC2=CC(=O)c3c(cc4c(c3O)C(=O)C3(OC)[C@H](O)Cc5cc(C)c(C(=O)NCc6ccc(F)cc6)c(O)c5C3(CO)C4=O)C(=O)C2)O[C@H]1C. The number of Topliss-reactive ketones (excluding diaryl/α,β-unsaturated/α-hetero) is 3. The zero-order chi connectivity index (χ0) is 42.9. The monoisotopic (exact) mass is 818 g/mol. The minimum Gasteiger partial charge on any atom is -0.507 e. The number of aliphatic hydroxyl groups excluding tert-OH is 3. The van der Waals surface area contributed by atoms with Crippen molar-refractivity contribution < 1.29 is 72.8 Å². The summed E-state index contributed by atoms with van der Waals surface area (Å²) in [5.74, 6) is -7.34. The lowest BCUT2D eigenvalue weighted by Gasteiger charge is -2.55. The minimum atomic E-state index is -2.75. The Bertz CT molecular complexity index is 2330. The van der Waals surface area contributed by atoms with Crippen molar-refractivity contribution in [1.82, 2.24) is 10.6 Å². The van der Waals surface area contributed by atoms with E-state index < -0.39 is 141 Å². The number of benzene rings is 3. The first-order valence-electron chi connectivity index (χ1n) is 18.7. The topological polar surface area (TPSA) is 247 Å². The molecule has 3 aromatic rings. The molecule has 3 aliphatic carbocycles. The second-order valence-electron chi connectivity index (χ2n) is 15.1. The third-order valence-electron chi connectivity index (χ3n) is 12.0. The van der Waals surface area contributed by atoms with E-state index in [1.807, 2.05) is 0 Å². The number of nitrogens with one attached hydrogen (secondary N) is 2. The van der Waals surface area contributed by atoms with Crippen molar-refractivity contribution >= 4 is 29.0 Å². The van der Waals surface area contributed by atoms with Crippen LogP contribution in [0.1, 0.15) is 87.4 Å². The largest absolute Gasteiger partial charge is 0.507 e. The highest BCUT2D eigenvalue weighted by Gasteiger charge is 2.72. The van der Waals surface area contributed by atoms with Gasteiger partial charge in [0.25, 0.3) is 5.91 Å². The predicted octanol–water partition coefficient (Wildman–Crippen LogP) is 1.47. The highest BCUT2D eigenvalue weighted by atomic mass is 19.1. The van der Waals surface area contributed by atoms with Crippen molar-refractivity contribution in [2.45, 2.75) is 81.0 Å². The number of hydrogen-bond donors (Lipinski definition) is 7. The zero-order valence-corrected chi connectivity index (χ0v) is 32.6. The first-order valence-corrected chi connectivity index (χ1v) is 18.7. The van der Waals surface area contributed by atoms with Crippen molar-refractivity contribution in [1.29, 1.82) is 0 Å². The molecule has 0 saturated carbocycles. The third kappa shape index (κ3) is 6.10. The Labute approximate surface area is 336 Å². The van der Waals surface area contributed by atoms with Gasteiger partial charge in [0.15, 0.2) is 29.2 Å². The average Bonchev–Trinajstić information content (AvgIpc) is 3.30. The van der Waals surface area contributed by atoms with Gasteiger partial charge in [-0.2, -0.15) is 0 Å². The van der Waals surface area contributed by atoms with Gasteiger partial charge in [-0.3, -0.25) is 24.0 Å². The van der Waals surface area contributed by atoms with Gasteiger partial charge < -0.3 is 55.1 Å². The number of rotatable bonds is 9. The fraction of sp³-hybridized carbons (Fsp3) is 0.405. The summed E-state index contributed by atoms with van der Waals surface area (Å²) in [6.07, 6.45) is -6.57. The molecule has 1 saturated heterocycles. The first-order chi connectivity index (χ1) is 28.0. The van der Waals surface area contributed by atoms with Crippen molar-refractivity contribution in [3.8, 4) is 11.5 Å². The number of hydrogen-bond acceptors (Lipinski definition) is 15. The van der Waals surface area contributed by atoms with Crippen LogP contribution in [-0.4, -0.2) is 125 Å². The summed E-state index contributed by atoms with van der Waals surface area (Å²) in [6, 6.07) is 7.66. The second kappa shape index (κ2) is 15.3. The fourth-order valence-electron chi connectivity index (χ4n) is 9.31. The van der Waals surface area contributed by atoms with E-state index in [0.29, 0.717) is 5.56 Å². The summed E-state index contributed by atoms with van der Waals surface area (Å²) in [4.78, 5) is 71.7. The van der Waals surface area contributed by atoms with Gasteiger partial charge in [0.05, 0.1) is 41.9 Å². The lowest BCUT2D eigenvalue weighted by molar-refractivity contribution is -0.236. The molecule has 59 heavy (non-hydrogen) atoms. The van der Waals surface area contributed by atoms with E-state index in [9.17, 15) is 49.1 Å². The van der Waals surface area contributed by atoms with Gasteiger partial charge in [0, 0.05) is 62.8 Å². The van der Waals surface area contributed by atoms with Crippen LogP contribution in [-0.2, 0) is 37.3 Å². The number of amides is 1. The smallest absolute Gasteiger partial charge is 0.255 e. The molecule has 7 rings (SSSR count). The van der Waals surface area contributed by atoms with Crippen LogP contribution in [0.5, 0.6) is 11.5 Å². The molecule has 7 N–H and O–H groups in total. The Balaban J connectivity index is 1.33. The molecule has 1 aliphatic heterocycles. The summed E-state index contributed by atoms with van der Waals surface area (Å²) in [7, 11) is 3.70. The van der Waals surface area contributed by atoms with E-state index >= 15 is 4.79 Å². The molecule has 0 aromatic heterocycles. The number of aromatic hydroxyl groups is 2. The number of ketones is 4. The van der Waals surface area contributed by atoms with Gasteiger partial charge in [-0.05, 0) is 48.7 Å². The van der Waals surface area contributed by atoms with Crippen LogP contribution >= 0.6 is 0 Å². The molecule has 1 fully saturated rings. The number of aliphatic hydroxyl groups is 3. The van der Waals surface area contributed by atoms with Gasteiger partial charge >= 0.3 is 0 Å². The maximum absolute atomic E-state index is 15.2. The molecular formula is C42H43FN2O14. The quantitative estimate of drug-likeness (QED) is 0.162. The van der Waals surface area contributed by atoms with Crippen LogP contribution in [0.15, 0.2) is 48.2 Å². The maximum atomic E-state index is 15.2. The number of methoxy groups -OCH3 is 3. The van der Waals surface area contributed by atoms with Gasteiger partial charge in [0.1, 0.15) is 41.0 Å². The van der Waals surface area contributed by atoms with Crippen LogP contribution in [0.3, 0.4) is 0 Å². The molecule has 16 nitrogen and oxygen atoms in total. The van der Waals surface area contributed by atoms with Gasteiger partial charge in [0.2, 0.25) is 5.78 Å². The maximum Gasteiger partial charge on any atom is 0.255 e. The molecular weight excluding hydrogens is 775 g/mol. The normalized spacial score (nSPS) is 28.8. The van der Waals surface area contributed by atoms with E-state index in [1.165, 1.54) is 51.5 Å². The third-order valence-corrected chi connectivity index (χ3v) is 12.0. The van der Waals surface area contributed by atoms with Crippen LogP contribution in [0.2, 0.25) is 0 Å². The van der Waals surface area contributed by atoms with Crippen LogP contribution < -0.4 is 10.6 Å². The van der Waals surface area contributed by atoms with Crippen LogP contribution in [0, 0.1) is 12.7 Å². The lowest BCUT2D eigenvalue weighted by atomic mass is 9.50. The van der Waals surface area contributed by atoms with E-state index in [4.69, 9.17) is 18.9 Å². The van der Waals surface area contributed by atoms with E-state index in [-0.39, 0.29) is 28.9 Å². The Morgan fingerprint density at radius 3 is 2.25 bits per heavy atom. The standard InChI is InChI=1S/C42H43FN2O14/c1-17-10-20-11-27(49)42(58-5)38(54)30-24(37(53)41(42,16-46)31(20)33(51)28(17)39(55)44-15-19-6-8-21(43)9-7-19)14-23-25(47)12-22(13-26(48)29(23)32(30)50)45-40-36(57-4)34(52)35(56-3)18(2)59-40/h6-10,13-14,18,27,34-36,40,45-46,49-52H,11-12,15-16H2,1-5H3,(H,44,55)/t18-,27+,34+,35-,36+,40-,41?,42?/m0/s1. The molecule has 0 bridgehead atoms. The Morgan fingerprint density at radius 1 is 0.949 bits per heavy atom. The molecule has 312 valence electrons. The number of ether oxygens (including phenoxy) is 4. The van der Waals surface area contributed by atoms with Crippen molar-refractivity contribution in [2.24, 2.45) is 0 Å².